The molecule has 1 amide bonds. The van der Waals surface area contributed by atoms with Gasteiger partial charge in [0.15, 0.2) is 0 Å². The van der Waals surface area contributed by atoms with Gasteiger partial charge in [-0.2, -0.15) is 0 Å². The summed E-state index contributed by atoms with van der Waals surface area (Å²) in [7, 11) is 0. The number of carbonyl (C=O) groups is 1. The predicted octanol–water partition coefficient (Wildman–Crippen LogP) is 4.20. The molecule has 4 rings (SSSR count). The van der Waals surface area contributed by atoms with Crippen LogP contribution in [0.3, 0.4) is 0 Å². The summed E-state index contributed by atoms with van der Waals surface area (Å²) in [5.74, 6) is -0.221. The molecular formula is C21H19FN2O. The second-order valence-corrected chi connectivity index (χ2v) is 6.33. The van der Waals surface area contributed by atoms with Gasteiger partial charge in [-0.1, -0.05) is 30.3 Å². The van der Waals surface area contributed by atoms with E-state index in [1.165, 1.54) is 17.7 Å². The average molecular weight is 334 g/mol. The summed E-state index contributed by atoms with van der Waals surface area (Å²) in [4.78, 5) is 14.8. The number of anilines is 1. The lowest BCUT2D eigenvalue weighted by Crippen LogP contribution is -2.31. The number of nitrogens with zero attached hydrogens (tertiary/aromatic N) is 2. The first-order valence-electron chi connectivity index (χ1n) is 8.48. The van der Waals surface area contributed by atoms with Crippen molar-refractivity contribution in [3.63, 3.8) is 0 Å². The van der Waals surface area contributed by atoms with Crippen molar-refractivity contribution >= 4 is 11.6 Å². The van der Waals surface area contributed by atoms with Crippen molar-refractivity contribution in [2.24, 2.45) is 0 Å². The van der Waals surface area contributed by atoms with Crippen molar-refractivity contribution in [1.29, 1.82) is 0 Å². The monoisotopic (exact) mass is 334 g/mol. The van der Waals surface area contributed by atoms with E-state index in [4.69, 9.17) is 0 Å². The number of aromatic nitrogens is 1. The average Bonchev–Trinajstić information content (AvgIpc) is 3.29. The predicted molar refractivity (Wildman–Crippen MR) is 96.1 cm³/mol. The van der Waals surface area contributed by atoms with E-state index in [-0.39, 0.29) is 17.8 Å². The molecule has 0 bridgehead atoms. The number of carbonyl (C=O) groups excluding carboxylic acids is 1. The van der Waals surface area contributed by atoms with Crippen LogP contribution in [-0.2, 0) is 11.2 Å². The number of halogens is 1. The largest absolute Gasteiger partial charge is 0.346 e. The highest BCUT2D eigenvalue weighted by Crippen LogP contribution is 2.30. The smallest absolute Gasteiger partial charge is 0.229 e. The summed E-state index contributed by atoms with van der Waals surface area (Å²) in [6.07, 6.45) is 5.02. The van der Waals surface area contributed by atoms with Crippen molar-refractivity contribution < 1.29 is 9.18 Å². The van der Waals surface area contributed by atoms with Crippen LogP contribution in [0, 0.1) is 5.82 Å². The van der Waals surface area contributed by atoms with Gasteiger partial charge in [-0.15, -0.1) is 0 Å². The van der Waals surface area contributed by atoms with Crippen LogP contribution >= 0.6 is 0 Å². The summed E-state index contributed by atoms with van der Waals surface area (Å²) in [6.45, 7) is 0.708. The molecule has 2 aromatic carbocycles. The fourth-order valence-electron chi connectivity index (χ4n) is 3.54. The van der Waals surface area contributed by atoms with Gasteiger partial charge >= 0.3 is 0 Å². The highest BCUT2D eigenvalue weighted by molar-refractivity contribution is 5.95. The first-order chi connectivity index (χ1) is 12.2. The van der Waals surface area contributed by atoms with Crippen molar-refractivity contribution in [3.05, 3.63) is 90.0 Å². The molecule has 0 saturated heterocycles. The third-order valence-corrected chi connectivity index (χ3v) is 4.78. The number of benzene rings is 2. The molecule has 1 unspecified atom stereocenters. The Morgan fingerprint density at radius 1 is 1.04 bits per heavy atom. The minimum absolute atomic E-state index is 0.0629. The molecule has 0 radical (unpaired) electrons. The molecule has 4 heteroatoms. The Hall–Kier alpha value is -2.88. The number of rotatable bonds is 4. The van der Waals surface area contributed by atoms with Crippen molar-refractivity contribution in [2.45, 2.75) is 18.9 Å². The third kappa shape index (κ3) is 3.07. The Morgan fingerprint density at radius 3 is 2.64 bits per heavy atom. The molecule has 126 valence electrons. The number of hydrogen-bond donors (Lipinski definition) is 0. The molecular weight excluding hydrogens is 315 g/mol. The maximum Gasteiger partial charge on any atom is 0.229 e. The van der Waals surface area contributed by atoms with Gasteiger partial charge in [-0.25, -0.2) is 4.39 Å². The van der Waals surface area contributed by atoms with E-state index in [0.717, 1.165) is 17.7 Å². The normalized spacial score (nSPS) is 14.4. The lowest BCUT2D eigenvalue weighted by Gasteiger charge is -2.23. The Morgan fingerprint density at radius 2 is 1.84 bits per heavy atom. The first kappa shape index (κ1) is 15.6. The lowest BCUT2D eigenvalue weighted by molar-refractivity contribution is -0.119. The van der Waals surface area contributed by atoms with Crippen molar-refractivity contribution in [1.82, 2.24) is 4.57 Å². The summed E-state index contributed by atoms with van der Waals surface area (Å²) in [5, 5.41) is 0. The molecule has 0 N–H and O–H groups in total. The molecule has 1 aliphatic rings. The Balaban J connectivity index is 1.62. The number of hydrogen-bond acceptors (Lipinski definition) is 1. The zero-order valence-electron chi connectivity index (χ0n) is 13.8. The van der Waals surface area contributed by atoms with Crippen LogP contribution in [0.1, 0.15) is 23.6 Å². The lowest BCUT2D eigenvalue weighted by atomic mass is 10.0. The molecule has 1 aliphatic heterocycles. The molecule has 0 saturated carbocycles. The molecule has 3 aromatic rings. The summed E-state index contributed by atoms with van der Waals surface area (Å²) in [5.41, 5.74) is 3.01. The van der Waals surface area contributed by atoms with Gasteiger partial charge in [0, 0.05) is 24.6 Å². The minimum atomic E-state index is -0.284. The SMILES string of the molecule is O=C(CC(c1cccc(F)c1)n1cccc1)N1CCc2ccccc21. The van der Waals surface area contributed by atoms with Crippen molar-refractivity contribution in [2.75, 3.05) is 11.4 Å². The second-order valence-electron chi connectivity index (χ2n) is 6.33. The van der Waals surface area contributed by atoms with Gasteiger partial charge in [0.05, 0.1) is 12.5 Å². The molecule has 0 spiro atoms. The zero-order valence-corrected chi connectivity index (χ0v) is 13.8. The van der Waals surface area contributed by atoms with E-state index in [1.54, 1.807) is 6.07 Å². The fraction of sp³-hybridized carbons (Fsp3) is 0.190. The molecule has 3 nitrogen and oxygen atoms in total. The summed E-state index contributed by atoms with van der Waals surface area (Å²) >= 11 is 0. The van der Waals surface area contributed by atoms with Crippen LogP contribution in [0.15, 0.2) is 73.1 Å². The maximum absolute atomic E-state index is 13.7. The Kier molecular flexibility index (Phi) is 4.10. The highest BCUT2D eigenvalue weighted by Gasteiger charge is 2.27. The zero-order chi connectivity index (χ0) is 17.2. The van der Waals surface area contributed by atoms with Crippen LogP contribution in [0.25, 0.3) is 0 Å². The number of amides is 1. The van der Waals surface area contributed by atoms with Gasteiger partial charge < -0.3 is 9.47 Å². The number of fused-ring (bicyclic) bond motifs is 1. The second kappa shape index (κ2) is 6.55. The standard InChI is InChI=1S/C21H19FN2O/c22-18-8-5-7-17(14-18)20(23-11-3-4-12-23)15-21(25)24-13-10-16-6-1-2-9-19(16)24/h1-9,11-12,14,20H,10,13,15H2. The van der Waals surface area contributed by atoms with Crippen LogP contribution in [0.2, 0.25) is 0 Å². The topological polar surface area (TPSA) is 25.2 Å². The van der Waals surface area contributed by atoms with E-state index < -0.39 is 0 Å². The molecule has 0 fully saturated rings. The molecule has 1 atom stereocenters. The Labute approximate surface area is 146 Å². The molecule has 25 heavy (non-hydrogen) atoms. The quantitative estimate of drug-likeness (QED) is 0.702. The van der Waals surface area contributed by atoms with Gasteiger partial charge in [-0.3, -0.25) is 4.79 Å². The van der Waals surface area contributed by atoms with Crippen molar-refractivity contribution in [3.8, 4) is 0 Å². The molecule has 1 aromatic heterocycles. The van der Waals surface area contributed by atoms with Gasteiger partial charge in [0.1, 0.15) is 5.82 Å². The summed E-state index contributed by atoms with van der Waals surface area (Å²) < 4.78 is 15.7. The third-order valence-electron chi connectivity index (χ3n) is 4.78. The molecule has 2 heterocycles. The first-order valence-corrected chi connectivity index (χ1v) is 8.48. The minimum Gasteiger partial charge on any atom is -0.346 e. The summed E-state index contributed by atoms with van der Waals surface area (Å²) in [6, 6.07) is 18.1. The van der Waals surface area contributed by atoms with Crippen LogP contribution in [0.4, 0.5) is 10.1 Å². The highest BCUT2D eigenvalue weighted by atomic mass is 19.1. The van der Waals surface area contributed by atoms with E-state index in [0.29, 0.717) is 13.0 Å². The fourth-order valence-corrected chi connectivity index (χ4v) is 3.54. The number of para-hydroxylation sites is 1. The van der Waals surface area contributed by atoms with Gasteiger partial charge in [0.25, 0.3) is 0 Å². The van der Waals surface area contributed by atoms with Crippen LogP contribution < -0.4 is 4.90 Å². The van der Waals surface area contributed by atoms with E-state index in [2.05, 4.69) is 6.07 Å². The van der Waals surface area contributed by atoms with E-state index in [9.17, 15) is 9.18 Å². The maximum atomic E-state index is 13.7. The molecule has 0 aliphatic carbocycles. The van der Waals surface area contributed by atoms with Gasteiger partial charge in [-0.05, 0) is 47.9 Å². The van der Waals surface area contributed by atoms with E-state index in [1.807, 2.05) is 58.3 Å². The van der Waals surface area contributed by atoms with Crippen LogP contribution in [0.5, 0.6) is 0 Å². The Bertz CT molecular complexity index is 888. The van der Waals surface area contributed by atoms with Crippen LogP contribution in [-0.4, -0.2) is 17.0 Å². The van der Waals surface area contributed by atoms with Gasteiger partial charge in [0.2, 0.25) is 5.91 Å². The van der Waals surface area contributed by atoms with E-state index >= 15 is 0 Å².